The summed E-state index contributed by atoms with van der Waals surface area (Å²) in [6, 6.07) is 10.7. The molecule has 0 amide bonds. The van der Waals surface area contributed by atoms with Crippen LogP contribution in [-0.2, 0) is 13.0 Å². The minimum Gasteiger partial charge on any atom is -0.350 e. The Labute approximate surface area is 158 Å². The van der Waals surface area contributed by atoms with Crippen LogP contribution in [0, 0.1) is 5.92 Å². The van der Waals surface area contributed by atoms with Crippen molar-refractivity contribution in [2.75, 3.05) is 25.9 Å². The van der Waals surface area contributed by atoms with Crippen molar-refractivity contribution in [1.29, 1.82) is 0 Å². The lowest BCUT2D eigenvalue weighted by molar-refractivity contribution is 0.474. The Morgan fingerprint density at radius 1 is 1.40 bits per heavy atom. The fraction of sp³-hybridized carbons (Fsp3) is 0.474. The van der Waals surface area contributed by atoms with Gasteiger partial charge in [0.05, 0.1) is 6.54 Å². The Morgan fingerprint density at radius 3 is 2.96 bits per heavy atom. The van der Waals surface area contributed by atoms with Gasteiger partial charge in [-0.1, -0.05) is 25.1 Å². The van der Waals surface area contributed by atoms with Gasteiger partial charge in [0.25, 0.3) is 0 Å². The number of hydrogen-bond acceptors (Lipinski definition) is 4. The van der Waals surface area contributed by atoms with Gasteiger partial charge in [0.15, 0.2) is 5.96 Å². The average Bonchev–Trinajstić information content (AvgIpc) is 3.31. The molecule has 0 saturated carbocycles. The molecule has 1 aliphatic rings. The number of thiazole rings is 1. The molecule has 1 aliphatic heterocycles. The number of nitrogens with one attached hydrogen (secondary N) is 1. The molecule has 0 radical (unpaired) electrons. The van der Waals surface area contributed by atoms with Crippen molar-refractivity contribution in [1.82, 2.24) is 15.2 Å². The van der Waals surface area contributed by atoms with E-state index in [2.05, 4.69) is 57.4 Å². The predicted octanol–water partition coefficient (Wildman–Crippen LogP) is 3.90. The Morgan fingerprint density at radius 2 is 2.24 bits per heavy atom. The van der Waals surface area contributed by atoms with E-state index in [1.165, 1.54) is 21.9 Å². The Balaban J connectivity index is 1.46. The minimum atomic E-state index is 0.718. The molecule has 1 N–H and O–H groups in total. The molecule has 0 spiro atoms. The molecule has 1 saturated heterocycles. The zero-order valence-electron chi connectivity index (χ0n) is 14.9. The van der Waals surface area contributed by atoms with Gasteiger partial charge in [-0.05, 0) is 30.9 Å². The molecule has 1 fully saturated rings. The maximum atomic E-state index is 4.48. The summed E-state index contributed by atoms with van der Waals surface area (Å²) in [5.74, 6) is 2.89. The van der Waals surface area contributed by atoms with Gasteiger partial charge in [0.1, 0.15) is 5.01 Å². The lowest BCUT2D eigenvalue weighted by Gasteiger charge is -2.21. The normalized spacial score (nSPS) is 17.9. The molecule has 134 valence electrons. The second-order valence-corrected chi connectivity index (χ2v) is 8.49. The van der Waals surface area contributed by atoms with Crippen LogP contribution in [0.5, 0.6) is 0 Å². The van der Waals surface area contributed by atoms with Crippen molar-refractivity contribution in [2.24, 2.45) is 10.9 Å². The third-order valence-corrected chi connectivity index (χ3v) is 6.76. The van der Waals surface area contributed by atoms with E-state index < -0.39 is 0 Å². The molecule has 0 aliphatic carbocycles. The average molecular weight is 375 g/mol. The summed E-state index contributed by atoms with van der Waals surface area (Å²) in [6.45, 7) is 5.09. The van der Waals surface area contributed by atoms with Crippen LogP contribution in [0.15, 0.2) is 46.4 Å². The number of guanidine groups is 1. The molecule has 25 heavy (non-hydrogen) atoms. The first-order valence-corrected chi connectivity index (χ1v) is 10.7. The molecule has 3 rings (SSSR count). The molecular weight excluding hydrogens is 348 g/mol. The van der Waals surface area contributed by atoms with Gasteiger partial charge < -0.3 is 10.2 Å². The van der Waals surface area contributed by atoms with Crippen LogP contribution in [0.25, 0.3) is 0 Å². The van der Waals surface area contributed by atoms with Gasteiger partial charge in [0.2, 0.25) is 0 Å². The minimum absolute atomic E-state index is 0.718. The highest BCUT2D eigenvalue weighted by Crippen LogP contribution is 2.26. The Hall–Kier alpha value is -1.53. The third-order valence-electron chi connectivity index (χ3n) is 4.37. The number of aryl methyl sites for hydroxylation is 1. The summed E-state index contributed by atoms with van der Waals surface area (Å²) in [4.78, 5) is 14.0. The number of rotatable bonds is 6. The van der Waals surface area contributed by atoms with Gasteiger partial charge in [0, 0.05) is 41.9 Å². The highest BCUT2D eigenvalue weighted by molar-refractivity contribution is 7.99. The van der Waals surface area contributed by atoms with E-state index in [9.17, 15) is 0 Å². The summed E-state index contributed by atoms with van der Waals surface area (Å²) < 4.78 is 0. The molecule has 6 heteroatoms. The van der Waals surface area contributed by atoms with Crippen LogP contribution in [0.1, 0.15) is 23.2 Å². The van der Waals surface area contributed by atoms with Gasteiger partial charge in [-0.25, -0.2) is 4.98 Å². The summed E-state index contributed by atoms with van der Waals surface area (Å²) >= 11 is 3.74. The lowest BCUT2D eigenvalue weighted by atomic mass is 10.2. The number of aliphatic imine (C=N–C) groups is 1. The van der Waals surface area contributed by atoms with E-state index in [4.69, 9.17) is 0 Å². The molecule has 2 heterocycles. The molecule has 1 aromatic heterocycles. The number of benzene rings is 1. The lowest BCUT2D eigenvalue weighted by Crippen LogP contribution is -2.39. The van der Waals surface area contributed by atoms with E-state index in [1.54, 1.807) is 11.3 Å². The zero-order valence-corrected chi connectivity index (χ0v) is 16.6. The zero-order chi connectivity index (χ0) is 17.5. The molecule has 0 bridgehead atoms. The summed E-state index contributed by atoms with van der Waals surface area (Å²) in [6.07, 6.45) is 4.27. The monoisotopic (exact) mass is 374 g/mol. The van der Waals surface area contributed by atoms with Gasteiger partial charge in [-0.15, -0.1) is 23.1 Å². The molecule has 1 atom stereocenters. The van der Waals surface area contributed by atoms with Crippen molar-refractivity contribution in [3.8, 4) is 0 Å². The van der Waals surface area contributed by atoms with Crippen molar-refractivity contribution in [2.45, 2.75) is 31.2 Å². The predicted molar refractivity (Wildman–Crippen MR) is 109 cm³/mol. The highest BCUT2D eigenvalue weighted by Gasteiger charge is 2.24. The summed E-state index contributed by atoms with van der Waals surface area (Å²) in [5.41, 5.74) is 0. The Bertz CT molecular complexity index is 684. The van der Waals surface area contributed by atoms with Crippen LogP contribution < -0.4 is 5.32 Å². The largest absolute Gasteiger partial charge is 0.350 e. The van der Waals surface area contributed by atoms with Crippen LogP contribution in [-0.4, -0.2) is 41.7 Å². The standard InChI is InChI=1S/C19H26N4S2/c1-3-16-11-21-18(25-16)12-22-19(20-2)23-10-9-15(13-23)14-24-17-7-5-4-6-8-17/h4-8,11,15H,3,9-10,12-14H2,1-2H3,(H,20,22). The smallest absolute Gasteiger partial charge is 0.194 e. The van der Waals surface area contributed by atoms with E-state index in [0.717, 1.165) is 42.9 Å². The highest BCUT2D eigenvalue weighted by atomic mass is 32.2. The maximum Gasteiger partial charge on any atom is 0.194 e. The van der Waals surface area contributed by atoms with Crippen LogP contribution >= 0.6 is 23.1 Å². The molecular formula is C19H26N4S2. The van der Waals surface area contributed by atoms with Gasteiger partial charge in [-0.3, -0.25) is 4.99 Å². The SMILES string of the molecule is CCc1cnc(CNC(=NC)N2CCC(CSc3ccccc3)C2)s1. The second-order valence-electron chi connectivity index (χ2n) is 6.20. The topological polar surface area (TPSA) is 40.5 Å². The molecule has 1 aromatic carbocycles. The first-order valence-electron chi connectivity index (χ1n) is 8.85. The van der Waals surface area contributed by atoms with Crippen molar-refractivity contribution in [3.05, 3.63) is 46.4 Å². The van der Waals surface area contributed by atoms with Gasteiger partial charge >= 0.3 is 0 Å². The van der Waals surface area contributed by atoms with Crippen LogP contribution in [0.2, 0.25) is 0 Å². The molecule has 1 unspecified atom stereocenters. The Kier molecular flexibility index (Phi) is 6.76. The van der Waals surface area contributed by atoms with E-state index in [0.29, 0.717) is 0 Å². The van der Waals surface area contributed by atoms with Crippen molar-refractivity contribution >= 4 is 29.1 Å². The fourth-order valence-corrected chi connectivity index (χ4v) is 4.82. The molecule has 4 nitrogen and oxygen atoms in total. The van der Waals surface area contributed by atoms with Crippen LogP contribution in [0.4, 0.5) is 0 Å². The molecule has 2 aromatic rings. The number of likely N-dealkylation sites (tertiary alicyclic amines) is 1. The van der Waals surface area contributed by atoms with Gasteiger partial charge in [-0.2, -0.15) is 0 Å². The van der Waals surface area contributed by atoms with Crippen molar-refractivity contribution in [3.63, 3.8) is 0 Å². The quantitative estimate of drug-likeness (QED) is 0.473. The second kappa shape index (κ2) is 9.25. The summed E-state index contributed by atoms with van der Waals surface area (Å²) in [5, 5.41) is 4.61. The van der Waals surface area contributed by atoms with E-state index in [-0.39, 0.29) is 0 Å². The van der Waals surface area contributed by atoms with Crippen molar-refractivity contribution < 1.29 is 0 Å². The number of thioether (sulfide) groups is 1. The number of hydrogen-bond donors (Lipinski definition) is 1. The van der Waals surface area contributed by atoms with Crippen LogP contribution in [0.3, 0.4) is 0 Å². The first-order chi connectivity index (χ1) is 12.3. The number of nitrogens with zero attached hydrogens (tertiary/aromatic N) is 3. The maximum absolute atomic E-state index is 4.48. The van der Waals surface area contributed by atoms with E-state index in [1.807, 2.05) is 25.0 Å². The first kappa shape index (κ1) is 18.3. The summed E-state index contributed by atoms with van der Waals surface area (Å²) in [7, 11) is 1.87. The third kappa shape index (κ3) is 5.22. The fourth-order valence-electron chi connectivity index (χ4n) is 2.97. The number of aromatic nitrogens is 1. The van der Waals surface area contributed by atoms with E-state index >= 15 is 0 Å².